The minimum Gasteiger partial charge on any atom is -0.504 e. The monoisotopic (exact) mass is 662 g/mol. The summed E-state index contributed by atoms with van der Waals surface area (Å²) in [6.07, 6.45) is 13.1. The molecule has 5 heteroatoms. The Labute approximate surface area is 292 Å². The number of methoxy groups -OCH3 is 2. The predicted octanol–water partition coefficient (Wildman–Crippen LogP) is 10.7. The zero-order valence-electron chi connectivity index (χ0n) is 32.0. The number of allylic oxidation sites excluding steroid dienone is 4. The van der Waals surface area contributed by atoms with E-state index >= 15 is 0 Å². The summed E-state index contributed by atoms with van der Waals surface area (Å²) in [5.41, 5.74) is 11.2. The molecule has 0 aromatic heterocycles. The van der Waals surface area contributed by atoms with Crippen LogP contribution < -0.4 is 9.47 Å². The SMILES string of the molecule is COc1c(C)c(C)cc2c1[C@H](C)CC[C@H]2[C@@H](CO)CCC=C(C)C.COc1c(C)cc2c(c1O)[C@H](C)CC[C@H]2[C@@H](CO)CCC=C(C)C. The first kappa shape index (κ1) is 39.7. The van der Waals surface area contributed by atoms with E-state index in [0.29, 0.717) is 41.1 Å². The fourth-order valence-electron chi connectivity index (χ4n) is 8.36. The minimum absolute atomic E-state index is 0.195. The summed E-state index contributed by atoms with van der Waals surface area (Å²) in [5, 5.41) is 30.7. The van der Waals surface area contributed by atoms with Gasteiger partial charge in [-0.05, 0) is 163 Å². The molecule has 4 rings (SSSR count). The number of hydrogen-bond acceptors (Lipinski definition) is 5. The van der Waals surface area contributed by atoms with Crippen LogP contribution >= 0.6 is 0 Å². The van der Waals surface area contributed by atoms with Crippen molar-refractivity contribution in [1.82, 2.24) is 0 Å². The van der Waals surface area contributed by atoms with E-state index < -0.39 is 0 Å². The Hall–Kier alpha value is -2.76. The lowest BCUT2D eigenvalue weighted by Gasteiger charge is -2.36. The Bertz CT molecular complexity index is 1410. The summed E-state index contributed by atoms with van der Waals surface area (Å²) >= 11 is 0. The normalized spacial score (nSPS) is 21.1. The van der Waals surface area contributed by atoms with E-state index in [0.717, 1.165) is 55.4 Å². The molecular formula is C43H66O5. The first-order valence-electron chi connectivity index (χ1n) is 18.4. The highest BCUT2D eigenvalue weighted by atomic mass is 16.5. The highest BCUT2D eigenvalue weighted by Gasteiger charge is 2.35. The van der Waals surface area contributed by atoms with Crippen LogP contribution in [0, 0.1) is 32.6 Å². The third-order valence-electron chi connectivity index (χ3n) is 11.2. The van der Waals surface area contributed by atoms with Gasteiger partial charge in [-0.15, -0.1) is 0 Å². The average molecular weight is 663 g/mol. The van der Waals surface area contributed by atoms with Gasteiger partial charge >= 0.3 is 0 Å². The largest absolute Gasteiger partial charge is 0.504 e. The molecule has 6 atom stereocenters. The van der Waals surface area contributed by atoms with Crippen LogP contribution in [0.2, 0.25) is 0 Å². The molecule has 48 heavy (non-hydrogen) atoms. The van der Waals surface area contributed by atoms with Gasteiger partial charge in [0.1, 0.15) is 5.75 Å². The molecule has 0 saturated heterocycles. The van der Waals surface area contributed by atoms with Crippen molar-refractivity contribution in [3.63, 3.8) is 0 Å². The topological polar surface area (TPSA) is 79.2 Å². The van der Waals surface area contributed by atoms with Crippen LogP contribution in [0.4, 0.5) is 0 Å². The van der Waals surface area contributed by atoms with E-state index in [1.807, 2.05) is 6.92 Å². The van der Waals surface area contributed by atoms with Gasteiger partial charge in [-0.1, -0.05) is 49.3 Å². The van der Waals surface area contributed by atoms with Gasteiger partial charge in [-0.25, -0.2) is 0 Å². The molecule has 0 unspecified atom stereocenters. The molecule has 2 aliphatic rings. The van der Waals surface area contributed by atoms with Gasteiger partial charge in [-0.3, -0.25) is 0 Å². The van der Waals surface area contributed by atoms with Crippen LogP contribution in [0.3, 0.4) is 0 Å². The third kappa shape index (κ3) is 9.27. The number of hydrogen-bond donors (Lipinski definition) is 3. The Kier molecular flexibility index (Phi) is 15.1. The van der Waals surface area contributed by atoms with E-state index in [2.05, 4.69) is 79.7 Å². The first-order chi connectivity index (χ1) is 22.8. The molecule has 268 valence electrons. The molecule has 0 spiro atoms. The maximum Gasteiger partial charge on any atom is 0.163 e. The zero-order chi connectivity index (χ0) is 35.7. The van der Waals surface area contributed by atoms with Crippen LogP contribution in [0.5, 0.6) is 17.2 Å². The van der Waals surface area contributed by atoms with Crippen LogP contribution in [-0.4, -0.2) is 42.8 Å². The molecule has 2 aromatic rings. The number of aryl methyl sites for hydroxylation is 2. The maximum absolute atomic E-state index is 10.7. The van der Waals surface area contributed by atoms with Crippen molar-refractivity contribution in [2.45, 2.75) is 137 Å². The lowest BCUT2D eigenvalue weighted by Crippen LogP contribution is -2.24. The van der Waals surface area contributed by atoms with E-state index in [-0.39, 0.29) is 19.1 Å². The second-order valence-electron chi connectivity index (χ2n) is 15.2. The average Bonchev–Trinajstić information content (AvgIpc) is 3.03. The maximum atomic E-state index is 10.7. The molecule has 0 aliphatic heterocycles. The quantitative estimate of drug-likeness (QED) is 0.197. The number of fused-ring (bicyclic) bond motifs is 2. The van der Waals surface area contributed by atoms with Gasteiger partial charge in [0.2, 0.25) is 0 Å². The summed E-state index contributed by atoms with van der Waals surface area (Å²) in [5.74, 6) is 4.13. The van der Waals surface area contributed by atoms with Gasteiger partial charge in [0, 0.05) is 24.3 Å². The number of phenols is 1. The van der Waals surface area contributed by atoms with E-state index in [1.54, 1.807) is 14.2 Å². The molecule has 3 N–H and O–H groups in total. The molecule has 0 heterocycles. The number of ether oxygens (including phenoxy) is 2. The molecule has 5 nitrogen and oxygen atoms in total. The molecule has 2 aromatic carbocycles. The van der Waals surface area contributed by atoms with Crippen molar-refractivity contribution in [3.05, 3.63) is 74.4 Å². The molecule has 0 amide bonds. The molecule has 2 aliphatic carbocycles. The van der Waals surface area contributed by atoms with Gasteiger partial charge in [0.05, 0.1) is 14.2 Å². The van der Waals surface area contributed by atoms with Crippen LogP contribution in [0.25, 0.3) is 0 Å². The highest BCUT2D eigenvalue weighted by Crippen LogP contribution is 2.51. The summed E-state index contributed by atoms with van der Waals surface area (Å²) in [4.78, 5) is 0. The van der Waals surface area contributed by atoms with E-state index in [9.17, 15) is 15.3 Å². The summed E-state index contributed by atoms with van der Waals surface area (Å²) < 4.78 is 11.2. The van der Waals surface area contributed by atoms with Gasteiger partial charge in [0.15, 0.2) is 11.5 Å². The molecule has 0 fully saturated rings. The van der Waals surface area contributed by atoms with Crippen molar-refractivity contribution in [3.8, 4) is 17.2 Å². The fraction of sp³-hybridized carbons (Fsp3) is 0.628. The number of aromatic hydroxyl groups is 1. The van der Waals surface area contributed by atoms with Crippen molar-refractivity contribution in [2.24, 2.45) is 11.8 Å². The van der Waals surface area contributed by atoms with Gasteiger partial charge in [-0.2, -0.15) is 0 Å². The summed E-state index contributed by atoms with van der Waals surface area (Å²) in [6, 6.07) is 4.52. The zero-order valence-corrected chi connectivity index (χ0v) is 32.0. The molecule has 0 saturated carbocycles. The summed E-state index contributed by atoms with van der Waals surface area (Å²) in [7, 11) is 3.39. The second-order valence-corrected chi connectivity index (χ2v) is 15.2. The van der Waals surface area contributed by atoms with Crippen LogP contribution in [0.15, 0.2) is 35.4 Å². The third-order valence-corrected chi connectivity index (χ3v) is 11.2. The minimum atomic E-state index is 0.195. The lowest BCUT2D eigenvalue weighted by atomic mass is 9.70. The number of phenolic OH excluding ortho intramolecular Hbond substituents is 1. The highest BCUT2D eigenvalue weighted by molar-refractivity contribution is 5.58. The van der Waals surface area contributed by atoms with Crippen molar-refractivity contribution >= 4 is 0 Å². The van der Waals surface area contributed by atoms with Crippen molar-refractivity contribution in [2.75, 3.05) is 27.4 Å². The smallest absolute Gasteiger partial charge is 0.163 e. The number of rotatable bonds is 12. The Morgan fingerprint density at radius 2 is 1.15 bits per heavy atom. The summed E-state index contributed by atoms with van der Waals surface area (Å²) in [6.45, 7) is 19.7. The molecule has 0 radical (unpaired) electrons. The Morgan fingerprint density at radius 3 is 1.58 bits per heavy atom. The van der Waals surface area contributed by atoms with Crippen LogP contribution in [0.1, 0.15) is 156 Å². The molecule has 0 bridgehead atoms. The second kappa shape index (κ2) is 18.3. The van der Waals surface area contributed by atoms with Crippen LogP contribution in [-0.2, 0) is 0 Å². The Balaban J connectivity index is 0.000000260. The lowest BCUT2D eigenvalue weighted by molar-refractivity contribution is 0.185. The standard InChI is InChI=1S/C22H34O2.C21H32O3/c1-14(2)8-7-9-18(13-23)19-11-10-15(3)21-20(19)12-16(4)17(5)22(21)24-6;1-13(2)7-6-8-16(12-22)17-10-9-14(3)19-18(17)11-15(4)21(24-5)20(19)23/h8,12,15,18-19,23H,7,9-11,13H2,1-6H3;7,11,14,16-17,22-23H,6,8-10,12H2,1-5H3/t15-,18-,19+;14-,16-,17+/m11/s1. The number of benzene rings is 2. The Morgan fingerprint density at radius 1 is 0.708 bits per heavy atom. The van der Waals surface area contributed by atoms with Gasteiger partial charge in [0.25, 0.3) is 0 Å². The first-order valence-corrected chi connectivity index (χ1v) is 18.4. The number of aliphatic hydroxyl groups is 2. The fourth-order valence-corrected chi connectivity index (χ4v) is 8.36. The predicted molar refractivity (Wildman–Crippen MR) is 201 cm³/mol. The van der Waals surface area contributed by atoms with E-state index in [4.69, 9.17) is 9.47 Å². The van der Waals surface area contributed by atoms with E-state index in [1.165, 1.54) is 51.8 Å². The van der Waals surface area contributed by atoms with Gasteiger partial charge < -0.3 is 24.8 Å². The van der Waals surface area contributed by atoms with Crippen molar-refractivity contribution < 1.29 is 24.8 Å². The number of aliphatic hydroxyl groups excluding tert-OH is 2. The van der Waals surface area contributed by atoms with Crippen molar-refractivity contribution in [1.29, 1.82) is 0 Å². The molecular weight excluding hydrogens is 596 g/mol.